The maximum absolute atomic E-state index is 13.8. The Morgan fingerprint density at radius 2 is 1.70 bits per heavy atom. The van der Waals surface area contributed by atoms with Gasteiger partial charge in [-0.25, -0.2) is 4.98 Å². The maximum Gasteiger partial charge on any atom is 0.251 e. The number of ether oxygens (including phenoxy) is 2. The zero-order chi connectivity index (χ0) is 46.1. The molecule has 3 aromatic rings. The summed E-state index contributed by atoms with van der Waals surface area (Å²) in [5, 5.41) is 41.1. The number of rotatable bonds is 18. The van der Waals surface area contributed by atoms with Crippen molar-refractivity contribution in [3.05, 3.63) is 88.2 Å². The maximum atomic E-state index is 13.8. The summed E-state index contributed by atoms with van der Waals surface area (Å²) in [6.07, 6.45) is 2.87. The van der Waals surface area contributed by atoms with Gasteiger partial charge >= 0.3 is 0 Å². The SMILES string of the molecule is CC(C)(C)[C@H](NC(=O)COCCCCCNc1ccc(C(=O)N[C@H]2C(C)(C)[C@H](Oc3ccc(C#N)c(Cl)c3)C2(C)C)cc1)C(=O)N1C[C@H](O)C[C@H]1C(=O)NCc1ccc(C#N)nc1. The van der Waals surface area contributed by atoms with Crippen molar-refractivity contribution in [1.82, 2.24) is 25.8 Å². The number of aliphatic hydroxyl groups excluding tert-OH is 1. The number of anilines is 1. The van der Waals surface area contributed by atoms with Crippen molar-refractivity contribution < 1.29 is 33.8 Å². The van der Waals surface area contributed by atoms with E-state index >= 15 is 0 Å². The van der Waals surface area contributed by atoms with Gasteiger partial charge in [-0.05, 0) is 72.7 Å². The summed E-state index contributed by atoms with van der Waals surface area (Å²) in [6.45, 7) is 14.6. The second-order valence-electron chi connectivity index (χ2n) is 18.6. The van der Waals surface area contributed by atoms with Crippen molar-refractivity contribution >= 4 is 40.9 Å². The van der Waals surface area contributed by atoms with Gasteiger partial charge in [-0.2, -0.15) is 10.5 Å². The van der Waals surface area contributed by atoms with Gasteiger partial charge in [0.1, 0.15) is 48.4 Å². The lowest BCUT2D eigenvalue weighted by Crippen LogP contribution is -2.74. The minimum Gasteiger partial charge on any atom is -0.489 e. The van der Waals surface area contributed by atoms with Crippen LogP contribution in [-0.4, -0.2) is 95.3 Å². The molecular formula is C47H59ClN8O7. The average molecular weight is 883 g/mol. The van der Waals surface area contributed by atoms with E-state index in [1.807, 2.05) is 39.0 Å². The number of unbranched alkanes of at least 4 members (excludes halogenated alkanes) is 2. The second kappa shape index (κ2) is 20.6. The number of β-amino-alcohol motifs (C(OH)–C–C–N with tert-alkyl or cyclic N) is 1. The summed E-state index contributed by atoms with van der Waals surface area (Å²) < 4.78 is 12.0. The topological polar surface area (TPSA) is 219 Å². The van der Waals surface area contributed by atoms with Gasteiger partial charge in [-0.15, -0.1) is 0 Å². The normalized spacial score (nSPS) is 20.3. The number of likely N-dealkylation sites (tertiary alicyclic amines) is 1. The molecule has 2 heterocycles. The molecule has 0 bridgehead atoms. The van der Waals surface area contributed by atoms with Gasteiger partial charge < -0.3 is 40.7 Å². The molecule has 0 radical (unpaired) electrons. The van der Waals surface area contributed by atoms with Crippen molar-refractivity contribution in [1.29, 1.82) is 10.5 Å². The summed E-state index contributed by atoms with van der Waals surface area (Å²) in [7, 11) is 0. The predicted molar refractivity (Wildman–Crippen MR) is 237 cm³/mol. The number of halogens is 1. The molecule has 5 N–H and O–H groups in total. The Balaban J connectivity index is 0.991. The molecular weight excluding hydrogens is 824 g/mol. The molecule has 16 heteroatoms. The summed E-state index contributed by atoms with van der Waals surface area (Å²) in [5.74, 6) is -0.954. The third-order valence-electron chi connectivity index (χ3n) is 11.8. The van der Waals surface area contributed by atoms with Crippen molar-refractivity contribution in [3.63, 3.8) is 0 Å². The molecule has 63 heavy (non-hydrogen) atoms. The molecule has 1 aliphatic heterocycles. The lowest BCUT2D eigenvalue weighted by Gasteiger charge is -2.63. The standard InChI is InChI=1S/C47H59ClN8O7/c1-45(2,3)39(42(61)56-27-34(57)21-37(56)41(60)53-26-29-11-15-33(24-50)52-25-29)54-38(58)28-62-20-10-8-9-19-51-32-16-12-30(13-17-32)40(59)55-43-46(4,5)44(47(43,6)7)63-35-18-14-31(23-49)36(48)22-35/h11-18,22,25,34,37,39,43-44,51,57H,8-10,19-21,26-28H2,1-7H3,(H,53,60)(H,54,58)(H,55,59)/t34-,37+,39-,43-,44-/m1/s1. The monoisotopic (exact) mass is 882 g/mol. The Morgan fingerprint density at radius 1 is 0.984 bits per heavy atom. The lowest BCUT2D eigenvalue weighted by molar-refractivity contribution is -0.164. The minimum atomic E-state index is -0.968. The minimum absolute atomic E-state index is 0.0401. The van der Waals surface area contributed by atoms with Gasteiger partial charge in [0.2, 0.25) is 17.7 Å². The quantitative estimate of drug-likeness (QED) is 0.101. The average Bonchev–Trinajstić information content (AvgIpc) is 3.65. The first-order valence-corrected chi connectivity index (χ1v) is 21.6. The number of carbonyl (C=O) groups is 4. The first-order valence-electron chi connectivity index (χ1n) is 21.3. The van der Waals surface area contributed by atoms with E-state index in [-0.39, 0.29) is 60.7 Å². The molecule has 2 fully saturated rings. The third-order valence-corrected chi connectivity index (χ3v) is 12.1. The van der Waals surface area contributed by atoms with Crippen LogP contribution in [0, 0.1) is 38.9 Å². The fourth-order valence-electron chi connectivity index (χ4n) is 8.68. The smallest absolute Gasteiger partial charge is 0.251 e. The van der Waals surface area contributed by atoms with E-state index in [4.69, 9.17) is 26.3 Å². The summed E-state index contributed by atoms with van der Waals surface area (Å²) in [5.41, 5.74) is 1.29. The number of aliphatic hydroxyl groups is 1. The molecule has 1 aliphatic carbocycles. The van der Waals surface area contributed by atoms with Crippen molar-refractivity contribution in [3.8, 4) is 17.9 Å². The van der Waals surface area contributed by atoms with Crippen molar-refractivity contribution in [2.45, 2.75) is 111 Å². The highest BCUT2D eigenvalue weighted by molar-refractivity contribution is 6.31. The molecule has 0 unspecified atom stereocenters. The number of nitriles is 2. The van der Waals surface area contributed by atoms with E-state index < -0.39 is 41.3 Å². The molecule has 4 amide bonds. The molecule has 2 aromatic carbocycles. The molecule has 0 spiro atoms. The van der Waals surface area contributed by atoms with Crippen LogP contribution in [0.4, 0.5) is 5.69 Å². The molecule has 3 atom stereocenters. The van der Waals surface area contributed by atoms with Crippen LogP contribution in [0.15, 0.2) is 60.8 Å². The molecule has 1 saturated heterocycles. The van der Waals surface area contributed by atoms with Crippen LogP contribution in [0.2, 0.25) is 5.02 Å². The Bertz CT molecular complexity index is 2180. The van der Waals surface area contributed by atoms with E-state index in [1.54, 1.807) is 42.5 Å². The van der Waals surface area contributed by atoms with E-state index in [0.717, 1.165) is 24.9 Å². The van der Waals surface area contributed by atoms with Gasteiger partial charge in [0, 0.05) is 73.0 Å². The molecule has 5 rings (SSSR count). The van der Waals surface area contributed by atoms with E-state index in [9.17, 15) is 29.5 Å². The second-order valence-corrected chi connectivity index (χ2v) is 19.0. The molecule has 2 aliphatic rings. The van der Waals surface area contributed by atoms with Crippen LogP contribution in [-0.2, 0) is 25.7 Å². The highest BCUT2D eigenvalue weighted by Gasteiger charge is 2.64. The largest absolute Gasteiger partial charge is 0.489 e. The van der Waals surface area contributed by atoms with Crippen LogP contribution in [0.3, 0.4) is 0 Å². The van der Waals surface area contributed by atoms with E-state index in [1.165, 1.54) is 11.1 Å². The lowest BCUT2D eigenvalue weighted by atomic mass is 9.49. The Hall–Kier alpha value is -5.74. The number of hydrogen-bond acceptors (Lipinski definition) is 11. The fourth-order valence-corrected chi connectivity index (χ4v) is 8.89. The van der Waals surface area contributed by atoms with E-state index in [0.29, 0.717) is 40.6 Å². The number of aromatic nitrogens is 1. The van der Waals surface area contributed by atoms with Gasteiger partial charge in [0.15, 0.2) is 0 Å². The van der Waals surface area contributed by atoms with Crippen LogP contribution in [0.25, 0.3) is 0 Å². The first kappa shape index (κ1) is 48.3. The van der Waals surface area contributed by atoms with Gasteiger partial charge in [0.05, 0.1) is 16.7 Å². The van der Waals surface area contributed by atoms with Gasteiger partial charge in [-0.3, -0.25) is 19.2 Å². The molecule has 336 valence electrons. The molecule has 1 saturated carbocycles. The summed E-state index contributed by atoms with van der Waals surface area (Å²) in [6, 6.07) is 17.5. The van der Waals surface area contributed by atoms with Crippen LogP contribution in [0.1, 0.15) is 101 Å². The van der Waals surface area contributed by atoms with Crippen molar-refractivity contribution in [2.24, 2.45) is 16.2 Å². The number of pyridine rings is 1. The number of hydrogen-bond donors (Lipinski definition) is 5. The fraction of sp³-hybridized carbons (Fsp3) is 0.511. The predicted octanol–water partition coefficient (Wildman–Crippen LogP) is 5.50. The Morgan fingerprint density at radius 3 is 2.32 bits per heavy atom. The summed E-state index contributed by atoms with van der Waals surface area (Å²) in [4.78, 5) is 58.7. The highest BCUT2D eigenvalue weighted by Crippen LogP contribution is 2.55. The number of nitrogens with one attached hydrogen (secondary N) is 4. The van der Waals surface area contributed by atoms with Gasteiger partial charge in [-0.1, -0.05) is 66.1 Å². The number of carbonyl (C=O) groups excluding carboxylic acids is 4. The Labute approximate surface area is 374 Å². The van der Waals surface area contributed by atoms with Crippen LogP contribution in [0.5, 0.6) is 5.75 Å². The Kier molecular flexibility index (Phi) is 15.8. The van der Waals surface area contributed by atoms with Crippen LogP contribution >= 0.6 is 11.6 Å². The van der Waals surface area contributed by atoms with Crippen molar-refractivity contribution in [2.75, 3.05) is 31.6 Å². The molecule has 15 nitrogen and oxygen atoms in total. The zero-order valence-corrected chi connectivity index (χ0v) is 37.8. The third kappa shape index (κ3) is 12.0. The number of benzene rings is 2. The molecule has 1 aromatic heterocycles. The first-order chi connectivity index (χ1) is 29.8. The number of amides is 4. The number of nitrogens with zero attached hydrogens (tertiary/aromatic N) is 4. The highest BCUT2D eigenvalue weighted by atomic mass is 35.5. The van der Waals surface area contributed by atoms with Crippen LogP contribution < -0.4 is 26.0 Å². The van der Waals surface area contributed by atoms with E-state index in [2.05, 4.69) is 60.0 Å². The van der Waals surface area contributed by atoms with Gasteiger partial charge in [0.25, 0.3) is 5.91 Å². The summed E-state index contributed by atoms with van der Waals surface area (Å²) >= 11 is 6.23. The zero-order valence-electron chi connectivity index (χ0n) is 37.1.